The highest BCUT2D eigenvalue weighted by Crippen LogP contribution is 2.13. The van der Waals surface area contributed by atoms with Gasteiger partial charge in [0.1, 0.15) is 0 Å². The minimum absolute atomic E-state index is 0.635. The summed E-state index contributed by atoms with van der Waals surface area (Å²) in [4.78, 5) is 0. The summed E-state index contributed by atoms with van der Waals surface area (Å²) in [5.41, 5.74) is 0. The van der Waals surface area contributed by atoms with Crippen LogP contribution in [0.2, 0.25) is 0 Å². The summed E-state index contributed by atoms with van der Waals surface area (Å²) < 4.78 is 10.2. The van der Waals surface area contributed by atoms with Crippen LogP contribution in [0.3, 0.4) is 0 Å². The number of unbranched alkanes of at least 4 members (excludes halogenated alkanes) is 14. The van der Waals surface area contributed by atoms with Crippen molar-refractivity contribution in [1.82, 2.24) is 0 Å². The van der Waals surface area contributed by atoms with E-state index in [1.807, 2.05) is 0 Å². The zero-order valence-electron chi connectivity index (χ0n) is 15.0. The molecule has 0 unspecified atom stereocenters. The van der Waals surface area contributed by atoms with Gasteiger partial charge in [-0.15, -0.1) is 0 Å². The average molecular weight is 328 g/mol. The zero-order valence-corrected chi connectivity index (χ0v) is 16.0. The topological polar surface area (TPSA) is 18.5 Å². The molecule has 0 aliphatic rings. The van der Waals surface area contributed by atoms with E-state index in [9.17, 15) is 0 Å². The van der Waals surface area contributed by atoms with Crippen molar-refractivity contribution in [3.8, 4) is 0 Å². The second-order valence-corrected chi connectivity index (χ2v) is 6.70. The van der Waals surface area contributed by atoms with Crippen molar-refractivity contribution < 1.29 is 9.16 Å². The number of hydrogen-bond acceptors (Lipinski definition) is 2. The Morgan fingerprint density at radius 3 is 1.32 bits per heavy atom. The molecule has 0 saturated heterocycles. The van der Waals surface area contributed by atoms with Crippen molar-refractivity contribution >= 4 is 10.5 Å². The first-order valence-corrected chi connectivity index (χ1v) is 10.2. The highest BCUT2D eigenvalue weighted by Gasteiger charge is 1.94. The molecule has 0 aliphatic heterocycles. The van der Waals surface area contributed by atoms with Crippen LogP contribution in [0.4, 0.5) is 0 Å². The maximum Gasteiger partial charge on any atom is 0.246 e. The lowest BCUT2D eigenvalue weighted by molar-refractivity contribution is 0.100. The molecule has 0 heterocycles. The molecule has 0 aromatic carbocycles. The van der Waals surface area contributed by atoms with Crippen molar-refractivity contribution in [3.05, 3.63) is 0 Å². The minimum atomic E-state index is 0.635. The van der Waals surface area contributed by atoms with Crippen molar-refractivity contribution in [2.75, 3.05) is 19.8 Å². The molecular formula is C19H39O2Si. The third kappa shape index (κ3) is 20.1. The van der Waals surface area contributed by atoms with Gasteiger partial charge >= 0.3 is 0 Å². The Kier molecular flexibility index (Phi) is 21.3. The zero-order chi connectivity index (χ0) is 16.1. The van der Waals surface area contributed by atoms with Crippen LogP contribution in [-0.4, -0.2) is 30.3 Å². The molecular weight excluding hydrogens is 288 g/mol. The Morgan fingerprint density at radius 1 is 0.500 bits per heavy atom. The second kappa shape index (κ2) is 21.1. The maximum absolute atomic E-state index is 5.43. The molecule has 0 N–H and O–H groups in total. The highest BCUT2D eigenvalue weighted by molar-refractivity contribution is 5.97. The standard InChI is InChI=1S/C19H39O2Si/c1-2-3-4-5-6-7-8-9-10-11-12-13-14-15-16-17-20-18-19-21-22/h2-19H2,1H3. The van der Waals surface area contributed by atoms with Crippen molar-refractivity contribution in [2.45, 2.75) is 103 Å². The van der Waals surface area contributed by atoms with Gasteiger partial charge in [-0.05, 0) is 6.42 Å². The first-order valence-electron chi connectivity index (χ1n) is 9.78. The minimum Gasteiger partial charge on any atom is -0.416 e. The monoisotopic (exact) mass is 327 g/mol. The molecule has 22 heavy (non-hydrogen) atoms. The van der Waals surface area contributed by atoms with E-state index in [4.69, 9.17) is 9.16 Å². The average Bonchev–Trinajstić information content (AvgIpc) is 2.54. The summed E-state index contributed by atoms with van der Waals surface area (Å²) >= 11 is 0. The number of ether oxygens (including phenoxy) is 1. The summed E-state index contributed by atoms with van der Waals surface area (Å²) in [6, 6.07) is 0. The third-order valence-corrected chi connectivity index (χ3v) is 4.43. The van der Waals surface area contributed by atoms with Crippen LogP contribution in [0.1, 0.15) is 103 Å². The van der Waals surface area contributed by atoms with Gasteiger partial charge in [-0.2, -0.15) is 0 Å². The van der Waals surface area contributed by atoms with Gasteiger partial charge in [0.25, 0.3) is 0 Å². The predicted molar refractivity (Wildman–Crippen MR) is 97.5 cm³/mol. The van der Waals surface area contributed by atoms with E-state index in [0.717, 1.165) is 6.61 Å². The smallest absolute Gasteiger partial charge is 0.246 e. The van der Waals surface area contributed by atoms with Gasteiger partial charge in [-0.25, -0.2) is 0 Å². The molecule has 0 aromatic rings. The Bertz CT molecular complexity index is 168. The van der Waals surface area contributed by atoms with E-state index >= 15 is 0 Å². The summed E-state index contributed by atoms with van der Waals surface area (Å²) in [7, 11) is 2.96. The molecule has 2 nitrogen and oxygen atoms in total. The molecule has 0 rings (SSSR count). The van der Waals surface area contributed by atoms with Gasteiger partial charge in [0.2, 0.25) is 10.5 Å². The van der Waals surface area contributed by atoms with Crippen LogP contribution < -0.4 is 0 Å². The molecule has 0 spiro atoms. The van der Waals surface area contributed by atoms with E-state index in [0.29, 0.717) is 13.2 Å². The second-order valence-electron chi connectivity index (χ2n) is 6.41. The Hall–Kier alpha value is 0.137. The lowest BCUT2D eigenvalue weighted by atomic mass is 10.0. The molecule has 0 atom stereocenters. The fourth-order valence-corrected chi connectivity index (χ4v) is 2.86. The first kappa shape index (κ1) is 22.1. The van der Waals surface area contributed by atoms with Crippen LogP contribution >= 0.6 is 0 Å². The van der Waals surface area contributed by atoms with E-state index in [2.05, 4.69) is 17.4 Å². The van der Waals surface area contributed by atoms with Crippen molar-refractivity contribution in [1.29, 1.82) is 0 Å². The summed E-state index contributed by atoms with van der Waals surface area (Å²) in [6.07, 6.45) is 21.1. The molecule has 0 bridgehead atoms. The van der Waals surface area contributed by atoms with Crippen LogP contribution in [0.15, 0.2) is 0 Å². The maximum atomic E-state index is 5.43. The van der Waals surface area contributed by atoms with E-state index in [1.54, 1.807) is 0 Å². The molecule has 3 radical (unpaired) electrons. The Labute approximate surface area is 143 Å². The van der Waals surface area contributed by atoms with Gasteiger partial charge in [0.15, 0.2) is 0 Å². The van der Waals surface area contributed by atoms with Gasteiger partial charge in [-0.1, -0.05) is 96.8 Å². The van der Waals surface area contributed by atoms with Gasteiger partial charge < -0.3 is 9.16 Å². The molecule has 0 aromatic heterocycles. The quantitative estimate of drug-likeness (QED) is 0.215. The molecule has 0 saturated carbocycles. The highest BCUT2D eigenvalue weighted by atomic mass is 28.2. The van der Waals surface area contributed by atoms with Crippen LogP contribution in [0.25, 0.3) is 0 Å². The fraction of sp³-hybridized carbons (Fsp3) is 1.00. The van der Waals surface area contributed by atoms with Crippen LogP contribution in [-0.2, 0) is 9.16 Å². The molecule has 3 heteroatoms. The largest absolute Gasteiger partial charge is 0.416 e. The predicted octanol–water partition coefficient (Wildman–Crippen LogP) is 5.97. The van der Waals surface area contributed by atoms with E-state index in [1.165, 1.54) is 96.3 Å². The normalized spacial score (nSPS) is 11.2. The lowest BCUT2D eigenvalue weighted by Crippen LogP contribution is -2.03. The van der Waals surface area contributed by atoms with Crippen molar-refractivity contribution in [3.63, 3.8) is 0 Å². The van der Waals surface area contributed by atoms with Gasteiger partial charge in [0, 0.05) is 6.61 Å². The number of hydrogen-bond donors (Lipinski definition) is 0. The third-order valence-electron chi connectivity index (χ3n) is 4.22. The Balaban J connectivity index is 2.91. The Morgan fingerprint density at radius 2 is 0.909 bits per heavy atom. The molecule has 0 fully saturated rings. The summed E-state index contributed by atoms with van der Waals surface area (Å²) in [5.74, 6) is 0. The molecule has 0 amide bonds. The lowest BCUT2D eigenvalue weighted by Gasteiger charge is -2.04. The van der Waals surface area contributed by atoms with Crippen LogP contribution in [0, 0.1) is 0 Å². The molecule has 131 valence electrons. The summed E-state index contributed by atoms with van der Waals surface area (Å²) in [5, 5.41) is 0. The number of rotatable bonds is 19. The summed E-state index contributed by atoms with van der Waals surface area (Å²) in [6.45, 7) is 4.50. The van der Waals surface area contributed by atoms with E-state index < -0.39 is 0 Å². The van der Waals surface area contributed by atoms with Crippen LogP contribution in [0.5, 0.6) is 0 Å². The fourth-order valence-electron chi connectivity index (χ4n) is 2.78. The SMILES string of the molecule is CCCCCCCCCCCCCCCCCOCCO[Si]. The van der Waals surface area contributed by atoms with Crippen molar-refractivity contribution in [2.24, 2.45) is 0 Å². The van der Waals surface area contributed by atoms with E-state index in [-0.39, 0.29) is 0 Å². The van der Waals surface area contributed by atoms with Gasteiger partial charge in [-0.3, -0.25) is 0 Å². The van der Waals surface area contributed by atoms with Gasteiger partial charge in [0.05, 0.1) is 13.2 Å². The molecule has 0 aliphatic carbocycles. The first-order chi connectivity index (χ1) is 10.9.